The van der Waals surface area contributed by atoms with E-state index in [0.29, 0.717) is 5.17 Å². The molecule has 0 saturated heterocycles. The van der Waals surface area contributed by atoms with Crippen molar-refractivity contribution in [1.29, 1.82) is 0 Å². The summed E-state index contributed by atoms with van der Waals surface area (Å²) < 4.78 is 0. The Bertz CT molecular complexity index is 166. The van der Waals surface area contributed by atoms with Crippen LogP contribution in [0.15, 0.2) is 4.99 Å². The van der Waals surface area contributed by atoms with Gasteiger partial charge in [-0.1, -0.05) is 18.7 Å². The molecule has 1 rings (SSSR count). The maximum atomic E-state index is 10.7. The summed E-state index contributed by atoms with van der Waals surface area (Å²) in [5.74, 6) is 0.724. The van der Waals surface area contributed by atoms with Gasteiger partial charge in [-0.05, 0) is 0 Å². The summed E-state index contributed by atoms with van der Waals surface area (Å²) in [6.07, 6.45) is 0. The molecule has 0 radical (unpaired) electrons. The normalized spacial score (nSPS) is 27.9. The van der Waals surface area contributed by atoms with Crippen LogP contribution in [0.1, 0.15) is 6.92 Å². The lowest BCUT2D eigenvalue weighted by molar-refractivity contribution is -0.120. The van der Waals surface area contributed by atoms with Crippen LogP contribution < -0.4 is 5.73 Å². The van der Waals surface area contributed by atoms with Gasteiger partial charge in [0.1, 0.15) is 0 Å². The number of carbonyl (C=O) groups excluding carboxylic acids is 1. The van der Waals surface area contributed by atoms with E-state index in [2.05, 4.69) is 4.99 Å². The van der Waals surface area contributed by atoms with Gasteiger partial charge in [0.15, 0.2) is 5.17 Å². The van der Waals surface area contributed by atoms with Crippen LogP contribution >= 0.6 is 11.8 Å². The Morgan fingerprint density at radius 2 is 2.56 bits per heavy atom. The number of amides is 1. The first-order chi connectivity index (χ1) is 4.20. The van der Waals surface area contributed by atoms with Crippen molar-refractivity contribution in [2.75, 3.05) is 5.75 Å². The van der Waals surface area contributed by atoms with Crippen LogP contribution in [0.2, 0.25) is 0 Å². The molecule has 0 aliphatic carbocycles. The summed E-state index contributed by atoms with van der Waals surface area (Å²) in [4.78, 5) is 14.3. The molecule has 50 valence electrons. The molecule has 4 heteroatoms. The van der Waals surface area contributed by atoms with Crippen LogP contribution in [0, 0.1) is 5.92 Å². The number of carbonyl (C=O) groups is 1. The fourth-order valence-corrected chi connectivity index (χ4v) is 1.25. The highest BCUT2D eigenvalue weighted by molar-refractivity contribution is 8.13. The summed E-state index contributed by atoms with van der Waals surface area (Å²) >= 11 is 1.44. The molecule has 3 nitrogen and oxygen atoms in total. The molecule has 2 N–H and O–H groups in total. The van der Waals surface area contributed by atoms with Crippen molar-refractivity contribution in [3.63, 3.8) is 0 Å². The average Bonchev–Trinajstić information content (AvgIpc) is 1.80. The van der Waals surface area contributed by atoms with Gasteiger partial charge in [0, 0.05) is 11.7 Å². The zero-order valence-corrected chi connectivity index (χ0v) is 5.94. The van der Waals surface area contributed by atoms with E-state index in [0.717, 1.165) is 5.75 Å². The first kappa shape index (κ1) is 6.61. The molecule has 0 aromatic heterocycles. The second-order valence-corrected chi connectivity index (χ2v) is 3.04. The molecule has 0 fully saturated rings. The molecular weight excluding hydrogens is 136 g/mol. The van der Waals surface area contributed by atoms with Gasteiger partial charge in [-0.25, -0.2) is 0 Å². The first-order valence-electron chi connectivity index (χ1n) is 2.71. The van der Waals surface area contributed by atoms with Crippen molar-refractivity contribution < 1.29 is 4.79 Å². The summed E-state index contributed by atoms with van der Waals surface area (Å²) in [6, 6.07) is 0. The van der Waals surface area contributed by atoms with E-state index >= 15 is 0 Å². The Hall–Kier alpha value is -0.510. The average molecular weight is 144 g/mol. The van der Waals surface area contributed by atoms with Gasteiger partial charge in [-0.15, -0.1) is 0 Å². The number of hydrogen-bond acceptors (Lipinski definition) is 3. The van der Waals surface area contributed by atoms with Gasteiger partial charge < -0.3 is 5.73 Å². The monoisotopic (exact) mass is 144 g/mol. The van der Waals surface area contributed by atoms with E-state index in [1.807, 2.05) is 6.92 Å². The lowest BCUT2D eigenvalue weighted by Gasteiger charge is -2.11. The van der Waals surface area contributed by atoms with Crippen molar-refractivity contribution >= 4 is 22.8 Å². The van der Waals surface area contributed by atoms with Crippen molar-refractivity contribution in [1.82, 2.24) is 0 Å². The van der Waals surface area contributed by atoms with Crippen LogP contribution in [0.5, 0.6) is 0 Å². The quantitative estimate of drug-likeness (QED) is 0.528. The third-order valence-electron chi connectivity index (χ3n) is 1.12. The zero-order chi connectivity index (χ0) is 6.85. The van der Waals surface area contributed by atoms with Crippen molar-refractivity contribution in [3.05, 3.63) is 0 Å². The number of thioether (sulfide) groups is 1. The molecular formula is C5H8N2OS. The minimum Gasteiger partial charge on any atom is -0.378 e. The molecule has 0 aromatic carbocycles. The summed E-state index contributed by atoms with van der Waals surface area (Å²) in [5.41, 5.74) is 5.28. The predicted molar refractivity (Wildman–Crippen MR) is 38.3 cm³/mol. The SMILES string of the molecule is CC1CSC(N)=NC1=O. The minimum absolute atomic E-state index is 0.0438. The smallest absolute Gasteiger partial charge is 0.251 e. The van der Waals surface area contributed by atoms with E-state index < -0.39 is 0 Å². The number of nitrogens with two attached hydrogens (primary N) is 1. The molecule has 0 saturated carbocycles. The van der Waals surface area contributed by atoms with Crippen LogP contribution in [0.3, 0.4) is 0 Å². The number of hydrogen-bond donors (Lipinski definition) is 1. The molecule has 1 atom stereocenters. The topological polar surface area (TPSA) is 55.4 Å². The Kier molecular flexibility index (Phi) is 1.75. The molecule has 1 amide bonds. The zero-order valence-electron chi connectivity index (χ0n) is 5.13. The highest BCUT2D eigenvalue weighted by Gasteiger charge is 2.17. The minimum atomic E-state index is -0.0914. The number of nitrogens with zero attached hydrogens (tertiary/aromatic N) is 1. The van der Waals surface area contributed by atoms with Gasteiger partial charge >= 0.3 is 0 Å². The number of aliphatic imine (C=N–C) groups is 1. The van der Waals surface area contributed by atoms with E-state index in [4.69, 9.17) is 5.73 Å². The Morgan fingerprint density at radius 3 is 3.00 bits per heavy atom. The van der Waals surface area contributed by atoms with Crippen LogP contribution in [-0.2, 0) is 4.79 Å². The number of rotatable bonds is 0. The molecule has 0 bridgehead atoms. The van der Waals surface area contributed by atoms with Crippen molar-refractivity contribution in [2.45, 2.75) is 6.92 Å². The van der Waals surface area contributed by atoms with Crippen molar-refractivity contribution in [2.24, 2.45) is 16.6 Å². The van der Waals surface area contributed by atoms with Crippen LogP contribution in [0.25, 0.3) is 0 Å². The maximum absolute atomic E-state index is 10.7. The second-order valence-electron chi connectivity index (χ2n) is 2.00. The Balaban J connectivity index is 2.70. The van der Waals surface area contributed by atoms with Crippen LogP contribution in [0.4, 0.5) is 0 Å². The molecule has 1 aliphatic rings. The fourth-order valence-electron chi connectivity index (χ4n) is 0.533. The molecule has 1 heterocycles. The lowest BCUT2D eigenvalue weighted by Crippen LogP contribution is -2.23. The third-order valence-corrected chi connectivity index (χ3v) is 2.18. The number of amidine groups is 1. The Morgan fingerprint density at radius 1 is 1.89 bits per heavy atom. The van der Waals surface area contributed by atoms with E-state index in [1.54, 1.807) is 0 Å². The van der Waals surface area contributed by atoms with Crippen LogP contribution in [-0.4, -0.2) is 16.8 Å². The molecule has 0 spiro atoms. The second kappa shape index (κ2) is 2.39. The predicted octanol–water partition coefficient (Wildman–Crippen LogP) is 0.211. The van der Waals surface area contributed by atoms with Gasteiger partial charge in [-0.2, -0.15) is 4.99 Å². The molecule has 1 aliphatic heterocycles. The third kappa shape index (κ3) is 1.45. The van der Waals surface area contributed by atoms with Gasteiger partial charge in [0.05, 0.1) is 0 Å². The lowest BCUT2D eigenvalue weighted by atomic mass is 10.2. The summed E-state index contributed by atoms with van der Waals surface area (Å²) in [7, 11) is 0. The highest BCUT2D eigenvalue weighted by atomic mass is 32.2. The molecule has 0 aromatic rings. The standard InChI is InChI=1S/C5H8N2OS/c1-3-2-9-5(6)7-4(3)8/h3H,2H2,1H3,(H2,6,7,8). The van der Waals surface area contributed by atoms with Gasteiger partial charge in [0.25, 0.3) is 5.91 Å². The van der Waals surface area contributed by atoms with E-state index in [9.17, 15) is 4.79 Å². The van der Waals surface area contributed by atoms with Gasteiger partial charge in [-0.3, -0.25) is 4.79 Å². The van der Waals surface area contributed by atoms with Crippen molar-refractivity contribution in [3.8, 4) is 0 Å². The molecule has 1 unspecified atom stereocenters. The first-order valence-corrected chi connectivity index (χ1v) is 3.69. The van der Waals surface area contributed by atoms with E-state index in [-0.39, 0.29) is 11.8 Å². The van der Waals surface area contributed by atoms with Gasteiger partial charge in [0.2, 0.25) is 0 Å². The fraction of sp³-hybridized carbons (Fsp3) is 0.600. The Labute approximate surface area is 57.7 Å². The summed E-state index contributed by atoms with van der Waals surface area (Å²) in [6.45, 7) is 1.85. The summed E-state index contributed by atoms with van der Waals surface area (Å²) in [5, 5.41) is 0.401. The molecule has 9 heavy (non-hydrogen) atoms. The maximum Gasteiger partial charge on any atom is 0.251 e. The highest BCUT2D eigenvalue weighted by Crippen LogP contribution is 2.15. The van der Waals surface area contributed by atoms with E-state index in [1.165, 1.54) is 11.8 Å². The largest absolute Gasteiger partial charge is 0.378 e.